The van der Waals surface area contributed by atoms with Crippen molar-refractivity contribution in [3.05, 3.63) is 96.2 Å². The number of hydrogen-bond acceptors (Lipinski definition) is 21. The van der Waals surface area contributed by atoms with Crippen LogP contribution in [0.1, 0.15) is 88.9 Å². The molecule has 3 fully saturated rings. The van der Waals surface area contributed by atoms with Crippen molar-refractivity contribution in [1.29, 1.82) is 0 Å². The number of aliphatic hydroxyl groups excluding tert-OH is 10. The predicted molar refractivity (Wildman–Crippen MR) is 255 cm³/mol. The molecule has 3 aliphatic heterocycles. The predicted octanol–water partition coefficient (Wildman–Crippen LogP) is 1.10. The highest BCUT2D eigenvalue weighted by molar-refractivity contribution is 5.82. The van der Waals surface area contributed by atoms with E-state index in [0.29, 0.717) is 0 Å². The molecule has 4 rings (SSSR count). The Kier molecular flexibility index (Phi) is 26.2. The molecule has 0 spiro atoms. The monoisotopic (exact) mass is 1020 g/mol. The number of rotatable bonds is 27. The van der Waals surface area contributed by atoms with Crippen molar-refractivity contribution in [2.75, 3.05) is 19.8 Å². The number of phenols is 2. The third-order valence-electron chi connectivity index (χ3n) is 12.1. The lowest BCUT2D eigenvalue weighted by atomic mass is 9.88. The minimum atomic E-state index is -2.09. The maximum atomic E-state index is 13.6. The number of ether oxygens (including phenoxy) is 7. The summed E-state index contributed by atoms with van der Waals surface area (Å²) in [5.41, 5.74) is -0.392. The molecule has 0 amide bonds. The van der Waals surface area contributed by atoms with Crippen LogP contribution in [0.25, 0.3) is 0 Å². The highest BCUT2D eigenvalue weighted by atomic mass is 16.8. The summed E-state index contributed by atoms with van der Waals surface area (Å²) < 4.78 is 40.8. The molecule has 1 aromatic rings. The first kappa shape index (κ1) is 60.2. The second kappa shape index (κ2) is 31.4. The van der Waals surface area contributed by atoms with E-state index in [2.05, 4.69) is 13.8 Å². The van der Waals surface area contributed by atoms with E-state index in [0.717, 1.165) is 75.7 Å². The second-order valence-electron chi connectivity index (χ2n) is 17.6. The van der Waals surface area contributed by atoms with Gasteiger partial charge in [0, 0.05) is 23.8 Å². The average molecular weight is 1020 g/mol. The summed E-state index contributed by atoms with van der Waals surface area (Å²) in [6.45, 7) is 0.838. The number of aliphatic hydroxyl groups is 10. The minimum absolute atomic E-state index is 0.126. The Balaban J connectivity index is 1.66. The van der Waals surface area contributed by atoms with Gasteiger partial charge in [0.25, 0.3) is 0 Å². The summed E-state index contributed by atoms with van der Waals surface area (Å²) >= 11 is 0. The molecule has 72 heavy (non-hydrogen) atoms. The zero-order valence-electron chi connectivity index (χ0n) is 40.6. The van der Waals surface area contributed by atoms with Gasteiger partial charge in [-0.25, -0.2) is 9.59 Å². The molecule has 404 valence electrons. The molecule has 21 heteroatoms. The maximum Gasteiger partial charge on any atom is 0.331 e. The Bertz CT molecular complexity index is 1970. The van der Waals surface area contributed by atoms with Crippen molar-refractivity contribution in [3.63, 3.8) is 0 Å². The van der Waals surface area contributed by atoms with E-state index in [4.69, 9.17) is 33.2 Å². The number of hydrogen-bond donors (Lipinski definition) is 12. The quantitative estimate of drug-likeness (QED) is 0.0254. The van der Waals surface area contributed by atoms with Crippen LogP contribution in [0, 0.1) is 0 Å². The summed E-state index contributed by atoms with van der Waals surface area (Å²) in [6.07, 6.45) is -2.13. The van der Waals surface area contributed by atoms with E-state index in [9.17, 15) is 70.9 Å². The van der Waals surface area contributed by atoms with E-state index in [-0.39, 0.29) is 17.5 Å². The molecule has 0 aromatic heterocycles. The number of carbonyl (C=O) groups is 2. The third kappa shape index (κ3) is 17.6. The van der Waals surface area contributed by atoms with Crippen LogP contribution in [0.3, 0.4) is 0 Å². The molecule has 0 radical (unpaired) electrons. The maximum absolute atomic E-state index is 13.6. The van der Waals surface area contributed by atoms with Gasteiger partial charge in [-0.3, -0.25) is 0 Å². The molecule has 0 bridgehead atoms. The van der Waals surface area contributed by atoms with Gasteiger partial charge in [0.1, 0.15) is 91.4 Å². The van der Waals surface area contributed by atoms with Gasteiger partial charge < -0.3 is 94.4 Å². The van der Waals surface area contributed by atoms with Crippen molar-refractivity contribution in [3.8, 4) is 11.5 Å². The lowest BCUT2D eigenvalue weighted by molar-refractivity contribution is -0.383. The van der Waals surface area contributed by atoms with Crippen molar-refractivity contribution in [2.45, 2.75) is 176 Å². The largest absolute Gasteiger partial charge is 0.508 e. The lowest BCUT2D eigenvalue weighted by Gasteiger charge is -2.49. The van der Waals surface area contributed by atoms with Gasteiger partial charge in [0.15, 0.2) is 18.7 Å². The molecule has 3 aliphatic rings. The number of allylic oxidation sites excluding steroid dienone is 8. The van der Waals surface area contributed by atoms with E-state index < -0.39 is 148 Å². The van der Waals surface area contributed by atoms with Gasteiger partial charge in [-0.2, -0.15) is 0 Å². The first-order chi connectivity index (χ1) is 34.6. The molecular formula is C51H74O21. The van der Waals surface area contributed by atoms with Crippen LogP contribution in [0.15, 0.2) is 85.0 Å². The summed E-state index contributed by atoms with van der Waals surface area (Å²) in [6, 6.07) is 1.97. The Labute approximate surface area is 418 Å². The summed E-state index contributed by atoms with van der Waals surface area (Å²) in [5, 5.41) is 129. The Morgan fingerprint density at radius 3 is 1.86 bits per heavy atom. The van der Waals surface area contributed by atoms with Crippen LogP contribution >= 0.6 is 0 Å². The van der Waals surface area contributed by atoms with Gasteiger partial charge >= 0.3 is 11.9 Å². The molecular weight excluding hydrogens is 949 g/mol. The molecule has 3 saturated heterocycles. The van der Waals surface area contributed by atoms with Crippen molar-refractivity contribution < 1.29 is 104 Å². The lowest BCUT2D eigenvalue weighted by Crippen LogP contribution is -2.66. The SMILES string of the molecule is CCCCC/C=C\C=C\C(=O)OC[C@H]1O[C@@H](O[C@H]2[C@H](OC(=O)/C=C/C=C/CC(O)/C=C/C=C/CCCCC)[C@@H](O)[C@H](c3c(O)cc(O)cc3CO)O[C@@H]2CO)[C@H](O[C@@H]2O[C@@H](CO)[C@H](O)[C@H](O)[C@H]2O)[C@@H](O)[C@H]1O. The number of benzene rings is 1. The third-order valence-corrected chi connectivity index (χ3v) is 12.1. The molecule has 1 aromatic carbocycles. The Hall–Kier alpha value is -4.40. The molecule has 0 aliphatic carbocycles. The van der Waals surface area contributed by atoms with Crippen LogP contribution < -0.4 is 0 Å². The topological polar surface area (TPSA) is 342 Å². The number of phenolic OH excluding ortho intramolecular Hbond substituents is 2. The van der Waals surface area contributed by atoms with E-state index >= 15 is 0 Å². The fraction of sp³-hybridized carbons (Fsp3) is 0.608. The highest BCUT2D eigenvalue weighted by Gasteiger charge is 2.55. The van der Waals surface area contributed by atoms with Crippen LogP contribution in [0.2, 0.25) is 0 Å². The average Bonchev–Trinajstić information content (AvgIpc) is 3.36. The van der Waals surface area contributed by atoms with Crippen molar-refractivity contribution in [2.24, 2.45) is 0 Å². The minimum Gasteiger partial charge on any atom is -0.508 e. The fourth-order valence-corrected chi connectivity index (χ4v) is 8.13. The molecule has 1 unspecified atom stereocenters. The standard InChI is InChI=1S/C51H74O21/c1-3-5-7-9-11-13-16-20-31(55)21-17-15-19-23-38(59)70-48-45(65)47(39-30(26-52)24-32(56)25-33(39)57)67-35(28-54)46(48)71-51-49(72-50-44(64)42(62)40(60)34(27-53)68-50)43(63)41(61)36(69-51)29-66-37(58)22-18-14-12-10-8-6-4-2/h11-20,22-25,31,34-36,40-57,60-65H,3-10,21,26-29H2,1-2H3/b13-11+,14-12-,17-15+,20-16+,22-18+,23-19+/t31?,34-,35+,36+,40-,41-,42-,43-,44+,45-,46+,47-,48+,49+,50-,51-/m0/s1. The first-order valence-corrected chi connectivity index (χ1v) is 24.4. The Morgan fingerprint density at radius 2 is 1.22 bits per heavy atom. The van der Waals surface area contributed by atoms with E-state index in [1.165, 1.54) is 18.2 Å². The molecule has 16 atom stereocenters. The first-order valence-electron chi connectivity index (χ1n) is 24.4. The number of esters is 2. The molecule has 3 heterocycles. The Morgan fingerprint density at radius 1 is 0.625 bits per heavy atom. The zero-order chi connectivity index (χ0) is 52.7. The normalized spacial score (nSPS) is 32.0. The van der Waals surface area contributed by atoms with Gasteiger partial charge in [-0.15, -0.1) is 0 Å². The highest BCUT2D eigenvalue weighted by Crippen LogP contribution is 2.43. The van der Waals surface area contributed by atoms with E-state index in [1.54, 1.807) is 24.3 Å². The summed E-state index contributed by atoms with van der Waals surface area (Å²) in [7, 11) is 0. The molecule has 21 nitrogen and oxygen atoms in total. The molecule has 0 saturated carbocycles. The van der Waals surface area contributed by atoms with Gasteiger partial charge in [0.2, 0.25) is 0 Å². The van der Waals surface area contributed by atoms with Crippen LogP contribution in [0.5, 0.6) is 11.5 Å². The smallest absolute Gasteiger partial charge is 0.331 e. The summed E-state index contributed by atoms with van der Waals surface area (Å²) in [4.78, 5) is 26.3. The van der Waals surface area contributed by atoms with Crippen molar-refractivity contribution >= 4 is 11.9 Å². The van der Waals surface area contributed by atoms with Crippen LogP contribution in [-0.4, -0.2) is 185 Å². The number of aromatic hydroxyl groups is 2. The zero-order valence-corrected chi connectivity index (χ0v) is 40.6. The van der Waals surface area contributed by atoms with Crippen molar-refractivity contribution in [1.82, 2.24) is 0 Å². The summed E-state index contributed by atoms with van der Waals surface area (Å²) in [5.74, 6) is -3.10. The van der Waals surface area contributed by atoms with Gasteiger partial charge in [0.05, 0.1) is 25.9 Å². The van der Waals surface area contributed by atoms with Crippen LogP contribution in [-0.2, 0) is 49.4 Å². The number of carbonyl (C=O) groups excluding carboxylic acids is 2. The van der Waals surface area contributed by atoms with Crippen LogP contribution in [0.4, 0.5) is 0 Å². The van der Waals surface area contributed by atoms with E-state index in [1.807, 2.05) is 18.2 Å². The second-order valence-corrected chi connectivity index (χ2v) is 17.6. The number of unbranched alkanes of at least 4 members (excludes halogenated alkanes) is 6. The van der Waals surface area contributed by atoms with Gasteiger partial charge in [-0.1, -0.05) is 100 Å². The molecule has 12 N–H and O–H groups in total. The fourth-order valence-electron chi connectivity index (χ4n) is 8.13. The van der Waals surface area contributed by atoms with Gasteiger partial charge in [-0.05, 0) is 43.7 Å².